The van der Waals surface area contributed by atoms with Crippen molar-refractivity contribution in [1.29, 1.82) is 0 Å². The molecule has 1 heterocycles. The van der Waals surface area contributed by atoms with E-state index in [1.807, 2.05) is 14.0 Å². The number of halogens is 1. The quantitative estimate of drug-likeness (QED) is 0.824. The standard InChI is InChI=1S/C12H22N4O.ClH/c1-4-5-6-10(7-13)15-12(17)11-8-14-16(3)9(11)2;/h8,10H,4-7,13H2,1-3H3,(H,15,17);1H. The first-order valence-corrected chi connectivity index (χ1v) is 6.09. The lowest BCUT2D eigenvalue weighted by Gasteiger charge is -2.16. The van der Waals surface area contributed by atoms with Crippen molar-refractivity contribution in [3.63, 3.8) is 0 Å². The van der Waals surface area contributed by atoms with Crippen molar-refractivity contribution in [3.05, 3.63) is 17.5 Å². The number of amides is 1. The smallest absolute Gasteiger partial charge is 0.255 e. The van der Waals surface area contributed by atoms with Gasteiger partial charge in [0, 0.05) is 25.3 Å². The number of rotatable bonds is 6. The van der Waals surface area contributed by atoms with Gasteiger partial charge in [0.2, 0.25) is 0 Å². The van der Waals surface area contributed by atoms with Crippen LogP contribution < -0.4 is 11.1 Å². The number of aryl methyl sites for hydroxylation is 1. The fraction of sp³-hybridized carbons (Fsp3) is 0.667. The van der Waals surface area contributed by atoms with Crippen molar-refractivity contribution in [2.24, 2.45) is 12.8 Å². The molecular formula is C12H23ClN4O. The van der Waals surface area contributed by atoms with Crippen LogP contribution >= 0.6 is 12.4 Å². The number of nitrogens with zero attached hydrogens (tertiary/aromatic N) is 2. The lowest BCUT2D eigenvalue weighted by Crippen LogP contribution is -2.40. The zero-order chi connectivity index (χ0) is 12.8. The second kappa shape index (κ2) is 8.11. The molecule has 1 aromatic heterocycles. The van der Waals surface area contributed by atoms with Crippen molar-refractivity contribution in [2.45, 2.75) is 39.2 Å². The van der Waals surface area contributed by atoms with Crippen LogP contribution in [0.25, 0.3) is 0 Å². The molecule has 0 aliphatic heterocycles. The first kappa shape index (κ1) is 16.9. The number of hydrogen-bond acceptors (Lipinski definition) is 3. The summed E-state index contributed by atoms with van der Waals surface area (Å²) >= 11 is 0. The number of aromatic nitrogens is 2. The van der Waals surface area contributed by atoms with Crippen molar-refractivity contribution >= 4 is 18.3 Å². The van der Waals surface area contributed by atoms with Crippen molar-refractivity contribution in [3.8, 4) is 0 Å². The minimum absolute atomic E-state index is 0. The molecule has 1 amide bonds. The van der Waals surface area contributed by atoms with Gasteiger partial charge in [-0.15, -0.1) is 12.4 Å². The van der Waals surface area contributed by atoms with Gasteiger partial charge in [-0.25, -0.2) is 0 Å². The molecule has 0 bridgehead atoms. The summed E-state index contributed by atoms with van der Waals surface area (Å²) in [6, 6.07) is 0.0575. The summed E-state index contributed by atoms with van der Waals surface area (Å²) in [5.41, 5.74) is 7.14. The molecule has 0 fully saturated rings. The van der Waals surface area contributed by atoms with E-state index in [0.29, 0.717) is 12.1 Å². The van der Waals surface area contributed by atoms with Gasteiger partial charge < -0.3 is 11.1 Å². The van der Waals surface area contributed by atoms with Crippen LogP contribution in [0.4, 0.5) is 0 Å². The van der Waals surface area contributed by atoms with Gasteiger partial charge in [0.1, 0.15) is 0 Å². The van der Waals surface area contributed by atoms with Gasteiger partial charge in [-0.1, -0.05) is 19.8 Å². The molecule has 104 valence electrons. The van der Waals surface area contributed by atoms with Crippen LogP contribution in [0.5, 0.6) is 0 Å². The van der Waals surface area contributed by atoms with Gasteiger partial charge in [-0.2, -0.15) is 5.10 Å². The van der Waals surface area contributed by atoms with E-state index in [2.05, 4.69) is 17.3 Å². The minimum atomic E-state index is -0.0813. The Bertz CT molecular complexity index is 378. The molecule has 18 heavy (non-hydrogen) atoms. The van der Waals surface area contributed by atoms with Crippen LogP contribution in [0, 0.1) is 6.92 Å². The van der Waals surface area contributed by atoms with Gasteiger partial charge in [-0.05, 0) is 13.3 Å². The number of hydrogen-bond donors (Lipinski definition) is 2. The molecule has 0 aliphatic carbocycles. The molecule has 1 atom stereocenters. The van der Waals surface area contributed by atoms with Gasteiger partial charge in [0.25, 0.3) is 5.91 Å². The molecule has 0 aliphatic rings. The SMILES string of the molecule is CCCCC(CN)NC(=O)c1cnn(C)c1C.Cl. The van der Waals surface area contributed by atoms with E-state index in [1.165, 1.54) is 0 Å². The predicted molar refractivity (Wildman–Crippen MR) is 75.0 cm³/mol. The van der Waals surface area contributed by atoms with Gasteiger partial charge >= 0.3 is 0 Å². The summed E-state index contributed by atoms with van der Waals surface area (Å²) in [5, 5.41) is 7.01. The molecule has 1 unspecified atom stereocenters. The topological polar surface area (TPSA) is 72.9 Å². The normalized spacial score (nSPS) is 11.8. The van der Waals surface area contributed by atoms with Gasteiger partial charge in [0.05, 0.1) is 11.8 Å². The first-order chi connectivity index (χ1) is 8.10. The number of unbranched alkanes of at least 4 members (excludes halogenated alkanes) is 1. The molecule has 3 N–H and O–H groups in total. The van der Waals surface area contributed by atoms with E-state index < -0.39 is 0 Å². The second-order valence-electron chi connectivity index (χ2n) is 4.32. The third kappa shape index (κ3) is 4.31. The number of nitrogens with two attached hydrogens (primary N) is 1. The zero-order valence-electron chi connectivity index (χ0n) is 11.3. The van der Waals surface area contributed by atoms with Crippen molar-refractivity contribution in [1.82, 2.24) is 15.1 Å². The van der Waals surface area contributed by atoms with Crippen LogP contribution in [0.2, 0.25) is 0 Å². The first-order valence-electron chi connectivity index (χ1n) is 6.09. The molecule has 5 nitrogen and oxygen atoms in total. The van der Waals surface area contributed by atoms with E-state index in [4.69, 9.17) is 5.73 Å². The number of carbonyl (C=O) groups is 1. The largest absolute Gasteiger partial charge is 0.348 e. The molecule has 1 aromatic rings. The summed E-state index contributed by atoms with van der Waals surface area (Å²) in [4.78, 5) is 12.0. The highest BCUT2D eigenvalue weighted by molar-refractivity contribution is 5.95. The van der Waals surface area contributed by atoms with Crippen LogP contribution in [0.3, 0.4) is 0 Å². The Kier molecular flexibility index (Phi) is 7.62. The number of nitrogens with one attached hydrogen (secondary N) is 1. The fourth-order valence-corrected chi connectivity index (χ4v) is 1.68. The lowest BCUT2D eigenvalue weighted by molar-refractivity contribution is 0.0935. The fourth-order valence-electron chi connectivity index (χ4n) is 1.68. The summed E-state index contributed by atoms with van der Waals surface area (Å²) < 4.78 is 1.69. The summed E-state index contributed by atoms with van der Waals surface area (Å²) in [5.74, 6) is -0.0813. The van der Waals surface area contributed by atoms with Crippen molar-refractivity contribution in [2.75, 3.05) is 6.54 Å². The maximum Gasteiger partial charge on any atom is 0.255 e. The molecule has 0 spiro atoms. The Hall–Kier alpha value is -1.07. The highest BCUT2D eigenvalue weighted by Gasteiger charge is 2.16. The highest BCUT2D eigenvalue weighted by Crippen LogP contribution is 2.07. The van der Waals surface area contributed by atoms with E-state index in [0.717, 1.165) is 25.0 Å². The van der Waals surface area contributed by atoms with E-state index >= 15 is 0 Å². The maximum absolute atomic E-state index is 12.0. The molecule has 6 heteroatoms. The Balaban J connectivity index is 0.00000289. The third-order valence-electron chi connectivity index (χ3n) is 3.01. The van der Waals surface area contributed by atoms with Gasteiger partial charge in [0.15, 0.2) is 0 Å². The monoisotopic (exact) mass is 274 g/mol. The lowest BCUT2D eigenvalue weighted by atomic mass is 10.1. The number of carbonyl (C=O) groups excluding carboxylic acids is 1. The second-order valence-corrected chi connectivity index (χ2v) is 4.32. The van der Waals surface area contributed by atoms with Crippen LogP contribution in [0.15, 0.2) is 6.20 Å². The maximum atomic E-state index is 12.0. The van der Waals surface area contributed by atoms with Gasteiger partial charge in [-0.3, -0.25) is 9.48 Å². The van der Waals surface area contributed by atoms with Crippen LogP contribution in [0.1, 0.15) is 42.2 Å². The average Bonchev–Trinajstić information content (AvgIpc) is 2.65. The molecule has 0 aromatic carbocycles. The Morgan fingerprint density at radius 3 is 2.72 bits per heavy atom. The Morgan fingerprint density at radius 1 is 1.61 bits per heavy atom. The van der Waals surface area contributed by atoms with E-state index in [1.54, 1.807) is 10.9 Å². The molecule has 1 rings (SSSR count). The Morgan fingerprint density at radius 2 is 2.28 bits per heavy atom. The minimum Gasteiger partial charge on any atom is -0.348 e. The zero-order valence-corrected chi connectivity index (χ0v) is 12.1. The Labute approximate surface area is 115 Å². The predicted octanol–water partition coefficient (Wildman–Crippen LogP) is 1.40. The summed E-state index contributed by atoms with van der Waals surface area (Å²) in [7, 11) is 1.82. The van der Waals surface area contributed by atoms with Crippen LogP contribution in [-0.4, -0.2) is 28.3 Å². The molecule has 0 radical (unpaired) electrons. The van der Waals surface area contributed by atoms with E-state index in [-0.39, 0.29) is 24.4 Å². The molecule has 0 saturated heterocycles. The van der Waals surface area contributed by atoms with E-state index in [9.17, 15) is 4.79 Å². The summed E-state index contributed by atoms with van der Waals surface area (Å²) in [6.07, 6.45) is 4.71. The molecule has 0 saturated carbocycles. The summed E-state index contributed by atoms with van der Waals surface area (Å²) in [6.45, 7) is 4.48. The van der Waals surface area contributed by atoms with Crippen molar-refractivity contribution < 1.29 is 4.79 Å². The molecular weight excluding hydrogens is 252 g/mol. The highest BCUT2D eigenvalue weighted by atomic mass is 35.5. The third-order valence-corrected chi connectivity index (χ3v) is 3.01. The van der Waals surface area contributed by atoms with Crippen LogP contribution in [-0.2, 0) is 7.05 Å². The average molecular weight is 275 g/mol.